The molecule has 0 radical (unpaired) electrons. The number of nitrogens with zero attached hydrogens (tertiary/aromatic N) is 1. The second-order valence-electron chi connectivity index (χ2n) is 4.62. The molecule has 0 aliphatic carbocycles. The van der Waals surface area contributed by atoms with Gasteiger partial charge in [0.1, 0.15) is 5.82 Å². The largest absolute Gasteiger partial charge is 1.00 e. The number of benzene rings is 2. The van der Waals surface area contributed by atoms with Crippen LogP contribution >= 0.6 is 0 Å². The van der Waals surface area contributed by atoms with Gasteiger partial charge in [-0.3, -0.25) is 0 Å². The first-order chi connectivity index (χ1) is 10.0. The maximum Gasteiger partial charge on any atom is 0.238 e. The molecule has 22 heavy (non-hydrogen) atoms. The lowest BCUT2D eigenvalue weighted by molar-refractivity contribution is -0.00000699. The zero-order chi connectivity index (χ0) is 14.9. The average molecular weight is 338 g/mol. The molecule has 0 aliphatic rings. The van der Waals surface area contributed by atoms with Crippen molar-refractivity contribution in [2.45, 2.75) is 11.4 Å². The zero-order valence-corrected chi connectivity index (χ0v) is 13.0. The molecule has 0 atom stereocenters. The highest BCUT2D eigenvalue weighted by Gasteiger charge is 2.07. The highest BCUT2D eigenvalue weighted by Crippen LogP contribution is 2.15. The van der Waals surface area contributed by atoms with Crippen molar-refractivity contribution in [1.82, 2.24) is 9.97 Å². The van der Waals surface area contributed by atoms with Gasteiger partial charge in [0.15, 0.2) is 0 Å². The standard InChI is InChI=1S/C14H14N4O2S.ClH/c15-21(19,20)11-7-5-10(6-8-11)16-9-14-17-12-3-1-2-4-13(12)18-14;/h1-8,16H,9H2,(H,17,18)(H2,15,19,20);1H/p-1. The van der Waals surface area contributed by atoms with Gasteiger partial charge in [0.2, 0.25) is 10.0 Å². The van der Waals surface area contributed by atoms with Crippen LogP contribution in [-0.2, 0) is 16.6 Å². The van der Waals surface area contributed by atoms with Gasteiger partial charge in [-0.1, -0.05) is 12.1 Å². The van der Waals surface area contributed by atoms with Crippen molar-refractivity contribution < 1.29 is 20.8 Å². The lowest BCUT2D eigenvalue weighted by atomic mass is 10.3. The molecule has 2 aromatic carbocycles. The van der Waals surface area contributed by atoms with Gasteiger partial charge in [0.05, 0.1) is 22.5 Å². The van der Waals surface area contributed by atoms with Crippen LogP contribution in [-0.4, -0.2) is 18.4 Å². The number of nitrogens with one attached hydrogen (secondary N) is 2. The van der Waals surface area contributed by atoms with E-state index in [0.29, 0.717) is 6.54 Å². The Morgan fingerprint density at radius 2 is 1.77 bits per heavy atom. The van der Waals surface area contributed by atoms with Gasteiger partial charge in [-0.25, -0.2) is 18.5 Å². The van der Waals surface area contributed by atoms with E-state index in [4.69, 9.17) is 5.14 Å². The summed E-state index contributed by atoms with van der Waals surface area (Å²) < 4.78 is 22.3. The number of halogens is 1. The van der Waals surface area contributed by atoms with Crippen LogP contribution in [0.3, 0.4) is 0 Å². The first-order valence-corrected chi connectivity index (χ1v) is 7.87. The van der Waals surface area contributed by atoms with Gasteiger partial charge in [0, 0.05) is 5.69 Å². The number of aromatic nitrogens is 2. The van der Waals surface area contributed by atoms with Crippen molar-refractivity contribution in [3.8, 4) is 0 Å². The SMILES string of the molecule is NS(=O)(=O)c1ccc(NCc2nc3ccccc3[nH]2)cc1.[Cl-]. The molecule has 0 saturated heterocycles. The van der Waals surface area contributed by atoms with Crippen molar-refractivity contribution in [1.29, 1.82) is 0 Å². The summed E-state index contributed by atoms with van der Waals surface area (Å²) in [6.07, 6.45) is 0. The number of imidazole rings is 1. The minimum absolute atomic E-state index is 0. The molecule has 0 aliphatic heterocycles. The molecule has 1 aromatic heterocycles. The van der Waals surface area contributed by atoms with Gasteiger partial charge >= 0.3 is 0 Å². The maximum absolute atomic E-state index is 11.2. The Bertz CT molecular complexity index is 842. The molecule has 0 amide bonds. The van der Waals surface area contributed by atoms with Crippen LogP contribution in [0.25, 0.3) is 11.0 Å². The second kappa shape index (κ2) is 6.35. The van der Waals surface area contributed by atoms with E-state index in [9.17, 15) is 8.42 Å². The van der Waals surface area contributed by atoms with E-state index >= 15 is 0 Å². The predicted molar refractivity (Wildman–Crippen MR) is 81.2 cm³/mol. The third kappa shape index (κ3) is 3.56. The fourth-order valence-corrected chi connectivity index (χ4v) is 2.55. The summed E-state index contributed by atoms with van der Waals surface area (Å²) in [4.78, 5) is 7.76. The van der Waals surface area contributed by atoms with Gasteiger partial charge in [-0.15, -0.1) is 0 Å². The van der Waals surface area contributed by atoms with E-state index in [2.05, 4.69) is 15.3 Å². The number of para-hydroxylation sites is 2. The summed E-state index contributed by atoms with van der Waals surface area (Å²) in [6.45, 7) is 0.517. The molecule has 1 heterocycles. The Balaban J connectivity index is 0.00000176. The molecule has 0 spiro atoms. The zero-order valence-electron chi connectivity index (χ0n) is 11.5. The van der Waals surface area contributed by atoms with Gasteiger partial charge in [0.25, 0.3) is 0 Å². The van der Waals surface area contributed by atoms with Crippen LogP contribution in [0, 0.1) is 0 Å². The third-order valence-electron chi connectivity index (χ3n) is 3.08. The number of nitrogens with two attached hydrogens (primary N) is 1. The number of rotatable bonds is 4. The fraction of sp³-hybridized carbons (Fsp3) is 0.0714. The van der Waals surface area contributed by atoms with Gasteiger partial charge in [-0.05, 0) is 36.4 Å². The number of fused-ring (bicyclic) bond motifs is 1. The summed E-state index contributed by atoms with van der Waals surface area (Å²) in [7, 11) is -3.65. The van der Waals surface area contributed by atoms with E-state index in [1.807, 2.05) is 24.3 Å². The molecule has 0 saturated carbocycles. The van der Waals surface area contributed by atoms with Gasteiger partial charge in [-0.2, -0.15) is 0 Å². The molecule has 4 N–H and O–H groups in total. The molecular weight excluding hydrogens is 324 g/mol. The van der Waals surface area contributed by atoms with E-state index in [0.717, 1.165) is 22.5 Å². The van der Waals surface area contributed by atoms with Crippen LogP contribution in [0.1, 0.15) is 5.82 Å². The molecule has 8 heteroatoms. The number of aromatic amines is 1. The Kier molecular flexibility index (Phi) is 4.70. The topological polar surface area (TPSA) is 101 Å². The number of sulfonamides is 1. The number of H-pyrrole nitrogens is 1. The first-order valence-electron chi connectivity index (χ1n) is 6.33. The summed E-state index contributed by atoms with van der Waals surface area (Å²) >= 11 is 0. The Morgan fingerprint density at radius 1 is 1.09 bits per heavy atom. The molecular formula is C14H14ClN4O2S-. The number of hydrogen-bond donors (Lipinski definition) is 3. The van der Waals surface area contributed by atoms with E-state index in [-0.39, 0.29) is 17.3 Å². The monoisotopic (exact) mass is 337 g/mol. The molecule has 6 nitrogen and oxygen atoms in total. The van der Waals surface area contributed by atoms with Crippen molar-refractivity contribution in [2.75, 3.05) is 5.32 Å². The molecule has 0 unspecified atom stereocenters. The van der Waals surface area contributed by atoms with Crippen molar-refractivity contribution in [3.05, 3.63) is 54.4 Å². The molecule has 0 bridgehead atoms. The normalized spacial score (nSPS) is 11.1. The Hall–Kier alpha value is -2.09. The van der Waals surface area contributed by atoms with Crippen molar-refractivity contribution in [3.63, 3.8) is 0 Å². The second-order valence-corrected chi connectivity index (χ2v) is 6.19. The smallest absolute Gasteiger partial charge is 0.238 e. The van der Waals surface area contributed by atoms with E-state index in [1.165, 1.54) is 12.1 Å². The van der Waals surface area contributed by atoms with Crippen LogP contribution < -0.4 is 22.9 Å². The van der Waals surface area contributed by atoms with E-state index in [1.54, 1.807) is 12.1 Å². The quantitative estimate of drug-likeness (QED) is 0.558. The molecule has 3 rings (SSSR count). The molecule has 3 aromatic rings. The molecule has 116 valence electrons. The average Bonchev–Trinajstić information content (AvgIpc) is 2.87. The highest BCUT2D eigenvalue weighted by molar-refractivity contribution is 7.89. The first kappa shape index (κ1) is 16.3. The highest BCUT2D eigenvalue weighted by atomic mass is 35.5. The third-order valence-corrected chi connectivity index (χ3v) is 4.01. The van der Waals surface area contributed by atoms with Crippen LogP contribution in [0.2, 0.25) is 0 Å². The van der Waals surface area contributed by atoms with Crippen molar-refractivity contribution in [2.24, 2.45) is 5.14 Å². The minimum atomic E-state index is -3.65. The Morgan fingerprint density at radius 3 is 2.41 bits per heavy atom. The Labute approximate surface area is 134 Å². The molecule has 0 fully saturated rings. The summed E-state index contributed by atoms with van der Waals surface area (Å²) in [5.74, 6) is 0.812. The lowest BCUT2D eigenvalue weighted by Gasteiger charge is -2.05. The summed E-state index contributed by atoms with van der Waals surface area (Å²) in [5, 5.41) is 8.22. The number of primary sulfonamides is 1. The number of hydrogen-bond acceptors (Lipinski definition) is 4. The minimum Gasteiger partial charge on any atom is -1.00 e. The lowest BCUT2D eigenvalue weighted by Crippen LogP contribution is -3.00. The fourth-order valence-electron chi connectivity index (χ4n) is 2.04. The summed E-state index contributed by atoms with van der Waals surface area (Å²) in [6, 6.07) is 14.1. The maximum atomic E-state index is 11.2. The van der Waals surface area contributed by atoms with Crippen LogP contribution in [0.5, 0.6) is 0 Å². The number of anilines is 1. The van der Waals surface area contributed by atoms with E-state index < -0.39 is 10.0 Å². The van der Waals surface area contributed by atoms with Crippen LogP contribution in [0.4, 0.5) is 5.69 Å². The van der Waals surface area contributed by atoms with Crippen molar-refractivity contribution >= 4 is 26.7 Å². The predicted octanol–water partition coefficient (Wildman–Crippen LogP) is -1.17. The van der Waals surface area contributed by atoms with Crippen LogP contribution in [0.15, 0.2) is 53.4 Å². The summed E-state index contributed by atoms with van der Waals surface area (Å²) in [5.41, 5.74) is 2.70. The van der Waals surface area contributed by atoms with Gasteiger partial charge < -0.3 is 22.7 Å².